The summed E-state index contributed by atoms with van der Waals surface area (Å²) in [6.45, 7) is -0.454. The molecule has 0 unspecified atom stereocenters. The molecule has 1 aromatic heterocycles. The Morgan fingerprint density at radius 2 is 1.85 bits per heavy atom. The Bertz CT molecular complexity index is 1240. The summed E-state index contributed by atoms with van der Waals surface area (Å²) >= 11 is 11.8. The zero-order valence-corrected chi connectivity index (χ0v) is 18.9. The Morgan fingerprint density at radius 3 is 2.56 bits per heavy atom. The maximum atomic E-state index is 12.1. The molecule has 12 nitrogen and oxygen atoms in total. The minimum Gasteiger partial charge on any atom is -0.482 e. The Kier molecular flexibility index (Phi) is 8.01. The van der Waals surface area contributed by atoms with Gasteiger partial charge in [-0.1, -0.05) is 35.3 Å². The summed E-state index contributed by atoms with van der Waals surface area (Å²) in [4.78, 5) is 42.8. The standard InChI is InChI=1S/C20H16Cl2N6O6/c1-33-20(30)12-4-2-3-5-14(12)25-18-17(28(31)32)19(24-10-23-18)27-26-16(29)9-34-15-7-6-11(21)8-13(15)22/h2-8,10H,9H2,1H3,(H,26,29)(H2,23,24,25,27). The van der Waals surface area contributed by atoms with Crippen LogP contribution in [0.5, 0.6) is 5.75 Å². The van der Waals surface area contributed by atoms with Crippen LogP contribution in [0, 0.1) is 10.1 Å². The first-order chi connectivity index (χ1) is 16.3. The van der Waals surface area contributed by atoms with E-state index < -0.39 is 29.1 Å². The molecule has 0 aliphatic heterocycles. The number of hydrogen-bond donors (Lipinski definition) is 3. The third-order valence-corrected chi connectivity index (χ3v) is 4.69. The molecule has 0 atom stereocenters. The van der Waals surface area contributed by atoms with Gasteiger partial charge in [-0.3, -0.25) is 25.8 Å². The van der Waals surface area contributed by atoms with Crippen molar-refractivity contribution in [2.24, 2.45) is 0 Å². The van der Waals surface area contributed by atoms with E-state index in [1.165, 1.54) is 37.4 Å². The van der Waals surface area contributed by atoms with Gasteiger partial charge in [-0.15, -0.1) is 0 Å². The van der Waals surface area contributed by atoms with Crippen molar-refractivity contribution < 1.29 is 24.0 Å². The molecule has 1 heterocycles. The predicted molar refractivity (Wildman–Crippen MR) is 123 cm³/mol. The number of benzene rings is 2. The van der Waals surface area contributed by atoms with Crippen molar-refractivity contribution in [2.75, 3.05) is 24.5 Å². The van der Waals surface area contributed by atoms with Crippen LogP contribution in [0.1, 0.15) is 10.4 Å². The summed E-state index contributed by atoms with van der Waals surface area (Å²) in [6, 6.07) is 10.7. The fourth-order valence-corrected chi connectivity index (χ4v) is 3.11. The molecule has 0 saturated carbocycles. The molecule has 0 fully saturated rings. The number of para-hydroxylation sites is 1. The Morgan fingerprint density at radius 1 is 1.12 bits per heavy atom. The Balaban J connectivity index is 1.73. The number of halogens is 2. The highest BCUT2D eigenvalue weighted by atomic mass is 35.5. The summed E-state index contributed by atoms with van der Waals surface area (Å²) < 4.78 is 10.0. The van der Waals surface area contributed by atoms with Crippen LogP contribution in [0.2, 0.25) is 10.0 Å². The zero-order chi connectivity index (χ0) is 24.7. The molecule has 0 bridgehead atoms. The minimum atomic E-state index is -0.748. The normalized spacial score (nSPS) is 10.2. The lowest BCUT2D eigenvalue weighted by Gasteiger charge is -2.13. The first-order valence-corrected chi connectivity index (χ1v) is 10.1. The fraction of sp³-hybridized carbons (Fsp3) is 0.100. The highest BCUT2D eigenvalue weighted by molar-refractivity contribution is 6.35. The number of amides is 1. The van der Waals surface area contributed by atoms with Gasteiger partial charge in [-0.25, -0.2) is 14.8 Å². The highest BCUT2D eigenvalue weighted by Crippen LogP contribution is 2.32. The first-order valence-electron chi connectivity index (χ1n) is 9.36. The lowest BCUT2D eigenvalue weighted by Crippen LogP contribution is -2.34. The van der Waals surface area contributed by atoms with Gasteiger partial charge in [-0.2, -0.15) is 0 Å². The van der Waals surface area contributed by atoms with E-state index in [2.05, 4.69) is 26.1 Å². The van der Waals surface area contributed by atoms with Gasteiger partial charge < -0.3 is 14.8 Å². The average Bonchev–Trinajstić information content (AvgIpc) is 2.82. The van der Waals surface area contributed by atoms with Crippen LogP contribution in [0.3, 0.4) is 0 Å². The van der Waals surface area contributed by atoms with Gasteiger partial charge in [0.05, 0.1) is 28.3 Å². The maximum absolute atomic E-state index is 12.1. The number of ether oxygens (including phenoxy) is 2. The van der Waals surface area contributed by atoms with E-state index in [0.29, 0.717) is 5.02 Å². The number of carbonyl (C=O) groups is 2. The molecule has 2 aromatic carbocycles. The van der Waals surface area contributed by atoms with Crippen molar-refractivity contribution in [3.8, 4) is 5.75 Å². The van der Waals surface area contributed by atoms with Crippen molar-refractivity contribution >= 4 is 58.1 Å². The van der Waals surface area contributed by atoms with Crippen molar-refractivity contribution in [3.05, 3.63) is 74.5 Å². The summed E-state index contributed by atoms with van der Waals surface area (Å²) in [5.41, 5.74) is 4.40. The van der Waals surface area contributed by atoms with Crippen LogP contribution in [-0.2, 0) is 9.53 Å². The van der Waals surface area contributed by atoms with Gasteiger partial charge in [0.2, 0.25) is 11.6 Å². The van der Waals surface area contributed by atoms with Gasteiger partial charge in [0.1, 0.15) is 12.1 Å². The van der Waals surface area contributed by atoms with Crippen molar-refractivity contribution in [3.63, 3.8) is 0 Å². The molecule has 0 aliphatic rings. The number of nitro groups is 1. The van der Waals surface area contributed by atoms with Crippen LogP contribution < -0.4 is 20.9 Å². The van der Waals surface area contributed by atoms with E-state index in [1.54, 1.807) is 12.1 Å². The molecule has 0 radical (unpaired) electrons. The molecule has 3 N–H and O–H groups in total. The number of anilines is 3. The van der Waals surface area contributed by atoms with Crippen molar-refractivity contribution in [2.45, 2.75) is 0 Å². The summed E-state index contributed by atoms with van der Waals surface area (Å²) in [6.07, 6.45) is 1.04. The largest absolute Gasteiger partial charge is 0.482 e. The zero-order valence-electron chi connectivity index (χ0n) is 17.4. The Hall–Kier alpha value is -4.16. The lowest BCUT2D eigenvalue weighted by molar-refractivity contribution is -0.383. The van der Waals surface area contributed by atoms with Gasteiger partial charge in [0.15, 0.2) is 6.61 Å². The third-order valence-electron chi connectivity index (χ3n) is 4.16. The molecule has 14 heteroatoms. The van der Waals surface area contributed by atoms with Crippen LogP contribution >= 0.6 is 23.2 Å². The van der Waals surface area contributed by atoms with Crippen LogP contribution in [0.4, 0.5) is 23.0 Å². The number of hydrogen-bond acceptors (Lipinski definition) is 10. The summed E-state index contributed by atoms with van der Waals surface area (Å²) in [7, 11) is 1.21. The quantitative estimate of drug-likeness (QED) is 0.221. The SMILES string of the molecule is COC(=O)c1ccccc1Nc1ncnc(NNC(=O)COc2ccc(Cl)cc2Cl)c1[N+](=O)[O-]. The molecule has 176 valence electrons. The van der Waals surface area contributed by atoms with E-state index in [9.17, 15) is 19.7 Å². The van der Waals surface area contributed by atoms with E-state index >= 15 is 0 Å². The van der Waals surface area contributed by atoms with Crippen molar-refractivity contribution in [1.82, 2.24) is 15.4 Å². The molecular formula is C20H16Cl2N6O6. The number of methoxy groups -OCH3 is 1. The fourth-order valence-electron chi connectivity index (χ4n) is 2.64. The predicted octanol–water partition coefficient (Wildman–Crippen LogP) is 3.74. The minimum absolute atomic E-state index is 0.138. The molecule has 0 spiro atoms. The average molecular weight is 507 g/mol. The number of nitrogens with zero attached hydrogens (tertiary/aromatic N) is 3. The molecule has 3 rings (SSSR count). The number of esters is 1. The number of nitrogens with one attached hydrogen (secondary N) is 3. The number of aromatic nitrogens is 2. The number of rotatable bonds is 9. The molecular weight excluding hydrogens is 491 g/mol. The molecule has 1 amide bonds. The highest BCUT2D eigenvalue weighted by Gasteiger charge is 2.25. The van der Waals surface area contributed by atoms with Gasteiger partial charge in [0.25, 0.3) is 5.91 Å². The number of hydrazine groups is 1. The summed E-state index contributed by atoms with van der Waals surface area (Å²) in [5.74, 6) is -1.63. The molecule has 0 aliphatic carbocycles. The smallest absolute Gasteiger partial charge is 0.355 e. The summed E-state index contributed by atoms with van der Waals surface area (Å²) in [5, 5.41) is 15.1. The second-order valence-corrected chi connectivity index (χ2v) is 7.22. The van der Waals surface area contributed by atoms with Crippen LogP contribution in [0.25, 0.3) is 0 Å². The van der Waals surface area contributed by atoms with E-state index in [4.69, 9.17) is 32.7 Å². The molecule has 0 saturated heterocycles. The topological polar surface area (TPSA) is 158 Å². The lowest BCUT2D eigenvalue weighted by atomic mass is 10.2. The third kappa shape index (κ3) is 5.99. The monoisotopic (exact) mass is 506 g/mol. The van der Waals surface area contributed by atoms with E-state index in [-0.39, 0.29) is 33.7 Å². The van der Waals surface area contributed by atoms with Crippen LogP contribution in [0.15, 0.2) is 48.8 Å². The van der Waals surface area contributed by atoms with Gasteiger partial charge in [-0.05, 0) is 30.3 Å². The first kappa shape index (κ1) is 24.5. The molecule has 34 heavy (non-hydrogen) atoms. The van der Waals surface area contributed by atoms with E-state index in [0.717, 1.165) is 6.33 Å². The second kappa shape index (κ2) is 11.1. The van der Waals surface area contributed by atoms with Crippen molar-refractivity contribution in [1.29, 1.82) is 0 Å². The van der Waals surface area contributed by atoms with Gasteiger partial charge in [0, 0.05) is 5.02 Å². The van der Waals surface area contributed by atoms with Gasteiger partial charge >= 0.3 is 11.7 Å². The second-order valence-electron chi connectivity index (χ2n) is 6.38. The van der Waals surface area contributed by atoms with Crippen LogP contribution in [-0.4, -0.2) is 40.5 Å². The molecule has 3 aromatic rings. The maximum Gasteiger partial charge on any atom is 0.355 e. The number of carbonyl (C=O) groups excluding carboxylic acids is 2. The Labute approximate surface area is 202 Å². The van der Waals surface area contributed by atoms with E-state index in [1.807, 2.05) is 0 Å².